The number of rotatable bonds is 9. The standard InChI is InChI=1S/C22H30N4/c1-4-6-8-11-17(5-2)15-23-22-21-20(24-16(3)25-22)14-19(26-21)18-12-9-7-10-13-18/h7,9-10,12-14,17,26H,4-6,8,11,15H2,1-3H3,(H,23,24,25). The number of nitrogens with one attached hydrogen (secondary N) is 2. The van der Waals surface area contributed by atoms with E-state index in [0.717, 1.165) is 34.9 Å². The molecule has 0 aliphatic rings. The molecule has 138 valence electrons. The summed E-state index contributed by atoms with van der Waals surface area (Å²) in [6.45, 7) is 7.46. The smallest absolute Gasteiger partial charge is 0.154 e. The summed E-state index contributed by atoms with van der Waals surface area (Å²) >= 11 is 0. The molecule has 1 aromatic carbocycles. The number of fused-ring (bicyclic) bond motifs is 1. The molecular formula is C22H30N4. The first-order valence-corrected chi connectivity index (χ1v) is 9.87. The number of aromatic amines is 1. The van der Waals surface area contributed by atoms with Crippen molar-refractivity contribution in [1.82, 2.24) is 15.0 Å². The van der Waals surface area contributed by atoms with Crippen molar-refractivity contribution >= 4 is 16.9 Å². The molecule has 1 atom stereocenters. The van der Waals surface area contributed by atoms with Gasteiger partial charge in [-0.15, -0.1) is 0 Å². The van der Waals surface area contributed by atoms with E-state index in [0.29, 0.717) is 5.92 Å². The van der Waals surface area contributed by atoms with E-state index in [2.05, 4.69) is 64.4 Å². The Bertz CT molecular complexity index is 823. The SMILES string of the molecule is CCCCCC(CC)CNc1nc(C)nc2cc(-c3ccccc3)[nH]c12. The zero-order valence-electron chi connectivity index (χ0n) is 16.2. The number of benzene rings is 1. The van der Waals surface area contributed by atoms with Crippen LogP contribution >= 0.6 is 0 Å². The first-order valence-electron chi connectivity index (χ1n) is 9.87. The minimum absolute atomic E-state index is 0.690. The Labute approximate surface area is 156 Å². The Kier molecular flexibility index (Phi) is 6.26. The van der Waals surface area contributed by atoms with Gasteiger partial charge in [0.25, 0.3) is 0 Å². The lowest BCUT2D eigenvalue weighted by atomic mass is 9.98. The normalized spacial score (nSPS) is 12.4. The van der Waals surface area contributed by atoms with Crippen molar-refractivity contribution in [2.45, 2.75) is 52.9 Å². The molecule has 0 saturated heterocycles. The molecule has 3 aromatic rings. The molecule has 1 unspecified atom stereocenters. The summed E-state index contributed by atoms with van der Waals surface area (Å²) in [5, 5.41) is 3.59. The van der Waals surface area contributed by atoms with E-state index in [4.69, 9.17) is 0 Å². The molecule has 2 heterocycles. The van der Waals surface area contributed by atoms with Gasteiger partial charge in [0.15, 0.2) is 5.82 Å². The zero-order chi connectivity index (χ0) is 18.4. The lowest BCUT2D eigenvalue weighted by Crippen LogP contribution is -2.15. The molecule has 0 spiro atoms. The lowest BCUT2D eigenvalue weighted by molar-refractivity contribution is 0.464. The van der Waals surface area contributed by atoms with E-state index in [-0.39, 0.29) is 0 Å². The van der Waals surface area contributed by atoms with Crippen LogP contribution < -0.4 is 5.32 Å². The third-order valence-electron chi connectivity index (χ3n) is 5.03. The molecule has 0 bridgehead atoms. The van der Waals surface area contributed by atoms with Gasteiger partial charge < -0.3 is 10.3 Å². The van der Waals surface area contributed by atoms with E-state index in [9.17, 15) is 0 Å². The molecule has 4 nitrogen and oxygen atoms in total. The third kappa shape index (κ3) is 4.43. The Morgan fingerprint density at radius 1 is 1.08 bits per heavy atom. The molecule has 4 heteroatoms. The number of unbranched alkanes of at least 4 members (excludes halogenated alkanes) is 2. The first kappa shape index (κ1) is 18.4. The molecule has 0 radical (unpaired) electrons. The maximum absolute atomic E-state index is 4.66. The third-order valence-corrected chi connectivity index (χ3v) is 5.03. The van der Waals surface area contributed by atoms with Gasteiger partial charge >= 0.3 is 0 Å². The van der Waals surface area contributed by atoms with Crippen molar-refractivity contribution in [2.75, 3.05) is 11.9 Å². The molecule has 3 rings (SSSR count). The Morgan fingerprint density at radius 2 is 1.88 bits per heavy atom. The number of H-pyrrole nitrogens is 1. The first-order chi connectivity index (χ1) is 12.7. The van der Waals surface area contributed by atoms with Gasteiger partial charge in [-0.2, -0.15) is 0 Å². The van der Waals surface area contributed by atoms with Crippen LogP contribution in [0.25, 0.3) is 22.3 Å². The average molecular weight is 351 g/mol. The topological polar surface area (TPSA) is 53.6 Å². The lowest BCUT2D eigenvalue weighted by Gasteiger charge is -2.16. The van der Waals surface area contributed by atoms with Crippen molar-refractivity contribution in [1.29, 1.82) is 0 Å². The van der Waals surface area contributed by atoms with Crippen LogP contribution in [0.5, 0.6) is 0 Å². The van der Waals surface area contributed by atoms with Gasteiger partial charge in [-0.1, -0.05) is 69.9 Å². The van der Waals surface area contributed by atoms with Crippen LogP contribution in [0.15, 0.2) is 36.4 Å². The van der Waals surface area contributed by atoms with E-state index >= 15 is 0 Å². The van der Waals surface area contributed by atoms with Crippen LogP contribution in [0, 0.1) is 12.8 Å². The Balaban J connectivity index is 1.80. The summed E-state index contributed by atoms with van der Waals surface area (Å²) < 4.78 is 0. The fourth-order valence-electron chi connectivity index (χ4n) is 3.41. The van der Waals surface area contributed by atoms with Crippen LogP contribution in [0.4, 0.5) is 5.82 Å². The van der Waals surface area contributed by atoms with Crippen LogP contribution in [0.1, 0.15) is 51.8 Å². The predicted molar refractivity (Wildman–Crippen MR) is 110 cm³/mol. The average Bonchev–Trinajstić information content (AvgIpc) is 3.09. The Hall–Kier alpha value is -2.36. The zero-order valence-corrected chi connectivity index (χ0v) is 16.2. The molecule has 0 amide bonds. The fourth-order valence-corrected chi connectivity index (χ4v) is 3.41. The van der Waals surface area contributed by atoms with Gasteiger partial charge in [0.2, 0.25) is 0 Å². The minimum Gasteiger partial charge on any atom is -0.368 e. The van der Waals surface area contributed by atoms with Crippen LogP contribution in [-0.2, 0) is 0 Å². The molecule has 0 aliphatic heterocycles. The molecule has 2 aromatic heterocycles. The molecule has 0 saturated carbocycles. The number of hydrogen-bond acceptors (Lipinski definition) is 3. The van der Waals surface area contributed by atoms with Gasteiger partial charge in [-0.05, 0) is 30.9 Å². The summed E-state index contributed by atoms with van der Waals surface area (Å²) in [7, 11) is 0. The van der Waals surface area contributed by atoms with E-state index in [1.54, 1.807) is 0 Å². The molecule has 2 N–H and O–H groups in total. The molecule has 0 aliphatic carbocycles. The second-order valence-electron chi connectivity index (χ2n) is 7.08. The summed E-state index contributed by atoms with van der Waals surface area (Å²) in [6, 6.07) is 12.5. The maximum Gasteiger partial charge on any atom is 0.154 e. The predicted octanol–water partition coefficient (Wildman–Crippen LogP) is 5.95. The van der Waals surface area contributed by atoms with Crippen LogP contribution in [0.2, 0.25) is 0 Å². The van der Waals surface area contributed by atoms with Crippen molar-refractivity contribution in [3.8, 4) is 11.3 Å². The highest BCUT2D eigenvalue weighted by Gasteiger charge is 2.12. The van der Waals surface area contributed by atoms with E-state index in [1.165, 1.54) is 37.7 Å². The Morgan fingerprint density at radius 3 is 2.62 bits per heavy atom. The van der Waals surface area contributed by atoms with Gasteiger partial charge in [0.05, 0.1) is 5.52 Å². The summed E-state index contributed by atoms with van der Waals surface area (Å²) in [5.74, 6) is 2.41. The van der Waals surface area contributed by atoms with Gasteiger partial charge in [-0.3, -0.25) is 0 Å². The molecule has 26 heavy (non-hydrogen) atoms. The van der Waals surface area contributed by atoms with Crippen molar-refractivity contribution < 1.29 is 0 Å². The van der Waals surface area contributed by atoms with Gasteiger partial charge in [0.1, 0.15) is 11.3 Å². The summed E-state index contributed by atoms with van der Waals surface area (Å²) in [6.07, 6.45) is 6.40. The quantitative estimate of drug-likeness (QED) is 0.469. The van der Waals surface area contributed by atoms with Crippen LogP contribution in [0.3, 0.4) is 0 Å². The number of hydrogen-bond donors (Lipinski definition) is 2. The second-order valence-corrected chi connectivity index (χ2v) is 7.08. The largest absolute Gasteiger partial charge is 0.368 e. The van der Waals surface area contributed by atoms with Gasteiger partial charge in [-0.25, -0.2) is 9.97 Å². The highest BCUT2D eigenvalue weighted by molar-refractivity contribution is 5.90. The highest BCUT2D eigenvalue weighted by atomic mass is 15.1. The fraction of sp³-hybridized carbons (Fsp3) is 0.455. The van der Waals surface area contributed by atoms with E-state index in [1.807, 2.05) is 13.0 Å². The summed E-state index contributed by atoms with van der Waals surface area (Å²) in [4.78, 5) is 12.8. The van der Waals surface area contributed by atoms with Crippen molar-refractivity contribution in [3.05, 3.63) is 42.2 Å². The van der Waals surface area contributed by atoms with Crippen molar-refractivity contribution in [2.24, 2.45) is 5.92 Å². The molecular weight excluding hydrogens is 320 g/mol. The summed E-state index contributed by atoms with van der Waals surface area (Å²) in [5.41, 5.74) is 4.22. The number of anilines is 1. The molecule has 0 fully saturated rings. The highest BCUT2D eigenvalue weighted by Crippen LogP contribution is 2.27. The monoisotopic (exact) mass is 350 g/mol. The van der Waals surface area contributed by atoms with Gasteiger partial charge in [0, 0.05) is 12.2 Å². The second kappa shape index (κ2) is 8.84. The number of aromatic nitrogens is 3. The number of aryl methyl sites for hydroxylation is 1. The van der Waals surface area contributed by atoms with Crippen LogP contribution in [-0.4, -0.2) is 21.5 Å². The maximum atomic E-state index is 4.66. The van der Waals surface area contributed by atoms with Crippen molar-refractivity contribution in [3.63, 3.8) is 0 Å². The minimum atomic E-state index is 0.690. The number of nitrogens with zero attached hydrogens (tertiary/aromatic N) is 2. The van der Waals surface area contributed by atoms with E-state index < -0.39 is 0 Å².